The smallest absolute Gasteiger partial charge is 0.119 e. The summed E-state index contributed by atoms with van der Waals surface area (Å²) in [5.74, 6) is 0.810. The van der Waals surface area contributed by atoms with Crippen molar-refractivity contribution < 1.29 is 9.84 Å². The molecule has 0 aromatic heterocycles. The highest BCUT2D eigenvalue weighted by Gasteiger charge is 2.11. The summed E-state index contributed by atoms with van der Waals surface area (Å²) in [5.41, 5.74) is 1.78. The number of aliphatic hydroxyl groups excluding tert-OH is 1. The number of ether oxygens (including phenoxy) is 1. The molecule has 0 radical (unpaired) electrons. The molecule has 0 aliphatic rings. The van der Waals surface area contributed by atoms with Crippen molar-refractivity contribution in [1.29, 1.82) is 0 Å². The lowest BCUT2D eigenvalue weighted by Gasteiger charge is -2.13. The fourth-order valence-electron chi connectivity index (χ4n) is 1.97. The Balaban J connectivity index is 2.09. The molecule has 0 amide bonds. The van der Waals surface area contributed by atoms with Crippen LogP contribution in [-0.2, 0) is 6.42 Å². The lowest BCUT2D eigenvalue weighted by atomic mass is 10.0. The Bertz CT molecular complexity index is 569. The van der Waals surface area contributed by atoms with Crippen molar-refractivity contribution >= 4 is 27.5 Å². The molecule has 2 aromatic carbocycles. The number of hydrogen-bond acceptors (Lipinski definition) is 2. The normalized spacial score (nSPS) is 12.2. The SMILES string of the molecule is CCOc1ccc(C(O)Cc2ccc(Br)cc2Cl)cc1. The first-order chi connectivity index (χ1) is 9.60. The van der Waals surface area contributed by atoms with E-state index in [4.69, 9.17) is 16.3 Å². The van der Waals surface area contributed by atoms with E-state index in [1.54, 1.807) is 0 Å². The summed E-state index contributed by atoms with van der Waals surface area (Å²) in [6.45, 7) is 2.58. The van der Waals surface area contributed by atoms with Crippen molar-refractivity contribution in [1.82, 2.24) is 0 Å². The van der Waals surface area contributed by atoms with Crippen LogP contribution < -0.4 is 4.74 Å². The summed E-state index contributed by atoms with van der Waals surface area (Å²) in [6.07, 6.45) is -0.0931. The highest BCUT2D eigenvalue weighted by molar-refractivity contribution is 9.10. The number of halogens is 2. The lowest BCUT2D eigenvalue weighted by molar-refractivity contribution is 0.178. The van der Waals surface area contributed by atoms with Crippen LogP contribution in [0.25, 0.3) is 0 Å². The van der Waals surface area contributed by atoms with Gasteiger partial charge in [0.05, 0.1) is 12.7 Å². The quantitative estimate of drug-likeness (QED) is 0.836. The third-order valence-electron chi connectivity index (χ3n) is 3.00. The Kier molecular flexibility index (Phi) is 5.46. The summed E-state index contributed by atoms with van der Waals surface area (Å²) in [4.78, 5) is 0. The maximum absolute atomic E-state index is 10.3. The fraction of sp³-hybridized carbons (Fsp3) is 0.250. The first kappa shape index (κ1) is 15.4. The number of hydrogen-bond donors (Lipinski definition) is 1. The Hall–Kier alpha value is -1.03. The molecule has 0 heterocycles. The monoisotopic (exact) mass is 354 g/mol. The Morgan fingerprint density at radius 1 is 1.20 bits per heavy atom. The molecule has 0 saturated heterocycles. The minimum atomic E-state index is -0.579. The predicted molar refractivity (Wildman–Crippen MR) is 85.4 cm³/mol. The molecule has 0 aliphatic carbocycles. The Morgan fingerprint density at radius 3 is 2.50 bits per heavy atom. The highest BCUT2D eigenvalue weighted by atomic mass is 79.9. The maximum atomic E-state index is 10.3. The van der Waals surface area contributed by atoms with E-state index in [-0.39, 0.29) is 0 Å². The van der Waals surface area contributed by atoms with Crippen molar-refractivity contribution in [3.8, 4) is 5.75 Å². The van der Waals surface area contributed by atoms with Crippen molar-refractivity contribution in [3.05, 3.63) is 63.1 Å². The van der Waals surface area contributed by atoms with Gasteiger partial charge in [-0.2, -0.15) is 0 Å². The van der Waals surface area contributed by atoms with Crippen molar-refractivity contribution in [3.63, 3.8) is 0 Å². The van der Waals surface area contributed by atoms with E-state index in [1.807, 2.05) is 49.4 Å². The molecule has 0 saturated carbocycles. The van der Waals surface area contributed by atoms with E-state index in [2.05, 4.69) is 15.9 Å². The van der Waals surface area contributed by atoms with Crippen LogP contribution in [0.5, 0.6) is 5.75 Å². The molecule has 106 valence electrons. The van der Waals surface area contributed by atoms with E-state index < -0.39 is 6.10 Å². The zero-order valence-electron chi connectivity index (χ0n) is 11.1. The van der Waals surface area contributed by atoms with Crippen molar-refractivity contribution in [2.45, 2.75) is 19.4 Å². The van der Waals surface area contributed by atoms with Crippen LogP contribution in [0.2, 0.25) is 5.02 Å². The van der Waals surface area contributed by atoms with Crippen molar-refractivity contribution in [2.24, 2.45) is 0 Å². The van der Waals surface area contributed by atoms with Gasteiger partial charge >= 0.3 is 0 Å². The van der Waals surface area contributed by atoms with E-state index in [0.717, 1.165) is 21.3 Å². The maximum Gasteiger partial charge on any atom is 0.119 e. The topological polar surface area (TPSA) is 29.5 Å². The minimum Gasteiger partial charge on any atom is -0.494 e. The molecule has 0 fully saturated rings. The van der Waals surface area contributed by atoms with Gasteiger partial charge in [0.15, 0.2) is 0 Å². The molecular formula is C16H16BrClO2. The van der Waals surface area contributed by atoms with Gasteiger partial charge in [-0.1, -0.05) is 45.7 Å². The average Bonchev–Trinajstić information content (AvgIpc) is 2.43. The molecule has 1 unspecified atom stereocenters. The van der Waals surface area contributed by atoms with Crippen LogP contribution in [0.4, 0.5) is 0 Å². The molecule has 0 aliphatic heterocycles. The molecular weight excluding hydrogens is 340 g/mol. The van der Waals surface area contributed by atoms with Crippen LogP contribution in [0, 0.1) is 0 Å². The summed E-state index contributed by atoms with van der Waals surface area (Å²) < 4.78 is 6.32. The molecule has 1 atom stereocenters. The van der Waals surface area contributed by atoms with Gasteiger partial charge in [-0.3, -0.25) is 0 Å². The number of benzene rings is 2. The summed E-state index contributed by atoms with van der Waals surface area (Å²) in [6, 6.07) is 13.2. The van der Waals surface area contributed by atoms with E-state index in [0.29, 0.717) is 18.1 Å². The lowest BCUT2D eigenvalue weighted by Crippen LogP contribution is -2.02. The first-order valence-electron chi connectivity index (χ1n) is 6.45. The van der Waals surface area contributed by atoms with Crippen LogP contribution in [0.15, 0.2) is 46.9 Å². The van der Waals surface area contributed by atoms with Gasteiger partial charge in [-0.25, -0.2) is 0 Å². The summed E-state index contributed by atoms with van der Waals surface area (Å²) in [5, 5.41) is 10.9. The van der Waals surface area contributed by atoms with E-state index in [9.17, 15) is 5.11 Å². The number of rotatable bonds is 5. The molecule has 1 N–H and O–H groups in total. The van der Waals surface area contributed by atoms with Crippen molar-refractivity contribution in [2.75, 3.05) is 6.61 Å². The second-order valence-corrected chi connectivity index (χ2v) is 5.78. The summed E-state index contributed by atoms with van der Waals surface area (Å²) in [7, 11) is 0. The van der Waals surface area contributed by atoms with Gasteiger partial charge in [-0.05, 0) is 42.3 Å². The van der Waals surface area contributed by atoms with Gasteiger partial charge in [0, 0.05) is 15.9 Å². The zero-order chi connectivity index (χ0) is 14.5. The summed E-state index contributed by atoms with van der Waals surface area (Å²) >= 11 is 9.54. The van der Waals surface area contributed by atoms with E-state index >= 15 is 0 Å². The minimum absolute atomic E-state index is 0.486. The highest BCUT2D eigenvalue weighted by Crippen LogP contribution is 2.27. The first-order valence-corrected chi connectivity index (χ1v) is 7.62. The largest absolute Gasteiger partial charge is 0.494 e. The average molecular weight is 356 g/mol. The van der Waals surface area contributed by atoms with Gasteiger partial charge < -0.3 is 9.84 Å². The molecule has 0 bridgehead atoms. The second-order valence-electron chi connectivity index (χ2n) is 4.46. The molecule has 4 heteroatoms. The van der Waals surface area contributed by atoms with Crippen LogP contribution in [0.1, 0.15) is 24.2 Å². The van der Waals surface area contributed by atoms with Gasteiger partial charge in [-0.15, -0.1) is 0 Å². The standard InChI is InChI=1S/C16H16BrClO2/c1-2-20-14-7-4-11(5-8-14)16(19)9-12-3-6-13(17)10-15(12)18/h3-8,10,16,19H,2,9H2,1H3. The molecule has 0 spiro atoms. The molecule has 2 aromatic rings. The molecule has 2 nitrogen and oxygen atoms in total. The third-order valence-corrected chi connectivity index (χ3v) is 3.85. The molecule has 20 heavy (non-hydrogen) atoms. The van der Waals surface area contributed by atoms with Gasteiger partial charge in [0.25, 0.3) is 0 Å². The number of aliphatic hydroxyl groups is 1. The Labute approximate surface area is 132 Å². The third kappa shape index (κ3) is 3.98. The van der Waals surface area contributed by atoms with Gasteiger partial charge in [0.1, 0.15) is 5.75 Å². The second kappa shape index (κ2) is 7.11. The van der Waals surface area contributed by atoms with Gasteiger partial charge in [0.2, 0.25) is 0 Å². The zero-order valence-corrected chi connectivity index (χ0v) is 13.5. The Morgan fingerprint density at radius 2 is 1.90 bits per heavy atom. The van der Waals surface area contributed by atoms with Crippen LogP contribution in [-0.4, -0.2) is 11.7 Å². The van der Waals surface area contributed by atoms with Crippen LogP contribution in [0.3, 0.4) is 0 Å². The van der Waals surface area contributed by atoms with E-state index in [1.165, 1.54) is 0 Å². The predicted octanol–water partition coefficient (Wildman–Crippen LogP) is 4.78. The van der Waals surface area contributed by atoms with Crippen LogP contribution >= 0.6 is 27.5 Å². The molecule has 2 rings (SSSR count). The fourth-order valence-corrected chi connectivity index (χ4v) is 2.72.